The van der Waals surface area contributed by atoms with E-state index in [1.165, 1.54) is 11.1 Å². The Morgan fingerprint density at radius 3 is 2.61 bits per heavy atom. The van der Waals surface area contributed by atoms with Crippen molar-refractivity contribution in [2.45, 2.75) is 19.6 Å². The van der Waals surface area contributed by atoms with E-state index in [0.29, 0.717) is 10.9 Å². The quantitative estimate of drug-likeness (QED) is 0.725. The molecular formula is C18H18N2OS2. The summed E-state index contributed by atoms with van der Waals surface area (Å²) in [5, 5.41) is 3.60. The molecule has 0 aliphatic carbocycles. The normalized spacial score (nSPS) is 10.9. The van der Waals surface area contributed by atoms with E-state index in [-0.39, 0.29) is 5.91 Å². The van der Waals surface area contributed by atoms with Gasteiger partial charge in [-0.3, -0.25) is 4.79 Å². The largest absolute Gasteiger partial charge is 0.301 e. The number of anilines is 1. The third-order valence-corrected chi connectivity index (χ3v) is 5.64. The Morgan fingerprint density at radius 2 is 1.87 bits per heavy atom. The van der Waals surface area contributed by atoms with Gasteiger partial charge in [0.25, 0.3) is 0 Å². The first kappa shape index (κ1) is 16.0. The molecule has 1 heterocycles. The summed E-state index contributed by atoms with van der Waals surface area (Å²) in [5.41, 5.74) is 4.56. The molecule has 3 rings (SSSR count). The Bertz CT molecular complexity index is 789. The zero-order chi connectivity index (χ0) is 16.2. The van der Waals surface area contributed by atoms with Crippen LogP contribution in [0, 0.1) is 13.8 Å². The number of aromatic nitrogens is 1. The van der Waals surface area contributed by atoms with Gasteiger partial charge in [0.05, 0.1) is 16.0 Å². The Kier molecular flexibility index (Phi) is 4.98. The number of nitrogens with one attached hydrogen (secondary N) is 1. The molecule has 1 amide bonds. The first-order chi connectivity index (χ1) is 11.1. The number of carbonyl (C=O) groups is 1. The summed E-state index contributed by atoms with van der Waals surface area (Å²) >= 11 is 3.16. The second-order valence-corrected chi connectivity index (χ2v) is 7.41. The van der Waals surface area contributed by atoms with Crippen LogP contribution >= 0.6 is 23.1 Å². The van der Waals surface area contributed by atoms with E-state index in [2.05, 4.69) is 41.5 Å². The molecule has 118 valence electrons. The lowest BCUT2D eigenvalue weighted by Gasteiger charge is -2.02. The van der Waals surface area contributed by atoms with Crippen LogP contribution in [-0.2, 0) is 10.5 Å². The van der Waals surface area contributed by atoms with Crippen molar-refractivity contribution in [3.63, 3.8) is 0 Å². The first-order valence-electron chi connectivity index (χ1n) is 7.42. The molecule has 1 aromatic heterocycles. The Morgan fingerprint density at radius 1 is 1.13 bits per heavy atom. The van der Waals surface area contributed by atoms with Gasteiger partial charge in [-0.05, 0) is 30.5 Å². The predicted octanol–water partition coefficient (Wildman–Crippen LogP) is 4.79. The zero-order valence-corrected chi connectivity index (χ0v) is 14.8. The van der Waals surface area contributed by atoms with Crippen LogP contribution in [0.4, 0.5) is 5.13 Å². The molecule has 0 unspecified atom stereocenters. The lowest BCUT2D eigenvalue weighted by molar-refractivity contribution is -0.113. The molecule has 23 heavy (non-hydrogen) atoms. The number of thioether (sulfide) groups is 1. The number of nitrogens with zero attached hydrogens (tertiary/aromatic N) is 1. The SMILES string of the molecule is Cc1ccc(C)c2sc(NC(=O)CSCc3ccccc3)nc12. The van der Waals surface area contributed by atoms with Crippen molar-refractivity contribution in [3.8, 4) is 0 Å². The van der Waals surface area contributed by atoms with Crippen LogP contribution < -0.4 is 5.32 Å². The summed E-state index contributed by atoms with van der Waals surface area (Å²) in [6, 6.07) is 14.3. The average Bonchev–Trinajstić information content (AvgIpc) is 2.97. The molecular weight excluding hydrogens is 324 g/mol. The highest BCUT2D eigenvalue weighted by Crippen LogP contribution is 2.30. The average molecular weight is 342 g/mol. The number of thiazole rings is 1. The van der Waals surface area contributed by atoms with Crippen molar-refractivity contribution < 1.29 is 4.79 Å². The topological polar surface area (TPSA) is 42.0 Å². The first-order valence-corrected chi connectivity index (χ1v) is 9.39. The van der Waals surface area contributed by atoms with Crippen molar-refractivity contribution in [1.82, 2.24) is 4.98 Å². The van der Waals surface area contributed by atoms with E-state index >= 15 is 0 Å². The van der Waals surface area contributed by atoms with Crippen LogP contribution in [0.15, 0.2) is 42.5 Å². The van der Waals surface area contributed by atoms with Crippen LogP contribution in [0.3, 0.4) is 0 Å². The molecule has 0 bridgehead atoms. The van der Waals surface area contributed by atoms with Crippen LogP contribution in [0.1, 0.15) is 16.7 Å². The summed E-state index contributed by atoms with van der Waals surface area (Å²) in [6.07, 6.45) is 0. The van der Waals surface area contributed by atoms with Gasteiger partial charge in [0, 0.05) is 5.75 Å². The minimum Gasteiger partial charge on any atom is -0.301 e. The van der Waals surface area contributed by atoms with Crippen molar-refractivity contribution in [1.29, 1.82) is 0 Å². The number of hydrogen-bond donors (Lipinski definition) is 1. The molecule has 0 saturated heterocycles. The fourth-order valence-electron chi connectivity index (χ4n) is 2.30. The monoisotopic (exact) mass is 342 g/mol. The van der Waals surface area contributed by atoms with Gasteiger partial charge in [0.1, 0.15) is 0 Å². The number of amides is 1. The maximum Gasteiger partial charge on any atom is 0.236 e. The third kappa shape index (κ3) is 3.92. The maximum atomic E-state index is 12.1. The minimum atomic E-state index is 0.000272. The Hall–Kier alpha value is -1.85. The fraction of sp³-hybridized carbons (Fsp3) is 0.222. The van der Waals surface area contributed by atoms with E-state index in [1.54, 1.807) is 23.1 Å². The Balaban J connectivity index is 1.60. The summed E-state index contributed by atoms with van der Waals surface area (Å²) in [5.74, 6) is 1.27. The number of aryl methyl sites for hydroxylation is 2. The molecule has 5 heteroatoms. The van der Waals surface area contributed by atoms with Gasteiger partial charge < -0.3 is 5.32 Å². The maximum absolute atomic E-state index is 12.1. The molecule has 0 saturated carbocycles. The smallest absolute Gasteiger partial charge is 0.236 e. The molecule has 0 aliphatic rings. The summed E-state index contributed by atoms with van der Waals surface area (Å²) < 4.78 is 1.15. The molecule has 1 N–H and O–H groups in total. The van der Waals surface area contributed by atoms with Crippen molar-refractivity contribution in [2.75, 3.05) is 11.1 Å². The molecule has 2 aromatic carbocycles. The molecule has 0 spiro atoms. The van der Waals surface area contributed by atoms with E-state index < -0.39 is 0 Å². The molecule has 0 radical (unpaired) electrons. The van der Waals surface area contributed by atoms with E-state index in [0.717, 1.165) is 21.5 Å². The fourth-order valence-corrected chi connectivity index (χ4v) is 4.12. The van der Waals surface area contributed by atoms with Crippen LogP contribution in [0.2, 0.25) is 0 Å². The number of benzene rings is 2. The van der Waals surface area contributed by atoms with Crippen LogP contribution in [0.5, 0.6) is 0 Å². The number of hydrogen-bond acceptors (Lipinski definition) is 4. The van der Waals surface area contributed by atoms with Gasteiger partial charge >= 0.3 is 0 Å². The molecule has 0 aliphatic heterocycles. The number of carbonyl (C=O) groups excluding carboxylic acids is 1. The summed E-state index contributed by atoms with van der Waals surface area (Å²) in [7, 11) is 0. The lowest BCUT2D eigenvalue weighted by Crippen LogP contribution is -2.13. The predicted molar refractivity (Wildman–Crippen MR) is 100 cm³/mol. The highest BCUT2D eigenvalue weighted by atomic mass is 32.2. The highest BCUT2D eigenvalue weighted by Gasteiger charge is 2.11. The van der Waals surface area contributed by atoms with Gasteiger partial charge in [-0.2, -0.15) is 0 Å². The molecule has 0 fully saturated rings. The summed E-state index contributed by atoms with van der Waals surface area (Å²) in [4.78, 5) is 16.6. The lowest BCUT2D eigenvalue weighted by atomic mass is 10.1. The van der Waals surface area contributed by atoms with Crippen LogP contribution in [-0.4, -0.2) is 16.6 Å². The minimum absolute atomic E-state index is 0.000272. The molecule has 3 nitrogen and oxygen atoms in total. The standard InChI is InChI=1S/C18H18N2OS2/c1-12-8-9-13(2)17-16(12)20-18(23-17)19-15(21)11-22-10-14-6-4-3-5-7-14/h3-9H,10-11H2,1-2H3,(H,19,20,21). The van der Waals surface area contributed by atoms with Crippen molar-refractivity contribution in [2.24, 2.45) is 0 Å². The summed E-state index contributed by atoms with van der Waals surface area (Å²) in [6.45, 7) is 4.12. The van der Waals surface area contributed by atoms with Gasteiger partial charge in [0.2, 0.25) is 5.91 Å². The van der Waals surface area contributed by atoms with Crippen molar-refractivity contribution >= 4 is 44.4 Å². The highest BCUT2D eigenvalue weighted by molar-refractivity contribution is 7.99. The van der Waals surface area contributed by atoms with Crippen LogP contribution in [0.25, 0.3) is 10.2 Å². The second kappa shape index (κ2) is 7.15. The second-order valence-electron chi connectivity index (χ2n) is 5.42. The number of fused-ring (bicyclic) bond motifs is 1. The zero-order valence-electron chi connectivity index (χ0n) is 13.1. The van der Waals surface area contributed by atoms with Gasteiger partial charge in [0.15, 0.2) is 5.13 Å². The van der Waals surface area contributed by atoms with E-state index in [4.69, 9.17) is 0 Å². The van der Waals surface area contributed by atoms with Crippen molar-refractivity contribution in [3.05, 3.63) is 59.2 Å². The van der Waals surface area contributed by atoms with E-state index in [1.807, 2.05) is 25.1 Å². The Labute approximate surface area is 144 Å². The number of rotatable bonds is 5. The van der Waals surface area contributed by atoms with Gasteiger partial charge in [-0.1, -0.05) is 53.8 Å². The van der Waals surface area contributed by atoms with Gasteiger partial charge in [-0.25, -0.2) is 4.98 Å². The van der Waals surface area contributed by atoms with Gasteiger partial charge in [-0.15, -0.1) is 11.8 Å². The van der Waals surface area contributed by atoms with E-state index in [9.17, 15) is 4.79 Å². The third-order valence-electron chi connectivity index (χ3n) is 3.53. The molecule has 0 atom stereocenters. The molecule has 3 aromatic rings.